The number of nitrogens with zero attached hydrogens (tertiary/aromatic N) is 1. The van der Waals surface area contributed by atoms with E-state index in [2.05, 4.69) is 27.1 Å². The second kappa shape index (κ2) is 8.48. The predicted octanol–water partition coefficient (Wildman–Crippen LogP) is 5.51. The number of aryl methyl sites for hydroxylation is 1. The molecule has 1 aliphatic carbocycles. The van der Waals surface area contributed by atoms with Gasteiger partial charge >= 0.3 is 0 Å². The van der Waals surface area contributed by atoms with Crippen molar-refractivity contribution in [3.05, 3.63) is 91.2 Å². The number of carbonyl (C=O) groups excluding carboxylic acids is 2. The van der Waals surface area contributed by atoms with E-state index in [4.69, 9.17) is 0 Å². The Balaban J connectivity index is 1.53. The number of hydrogen-bond acceptors (Lipinski definition) is 6. The molecule has 162 valence electrons. The fourth-order valence-electron chi connectivity index (χ4n) is 4.60. The van der Waals surface area contributed by atoms with E-state index in [0.29, 0.717) is 17.8 Å². The summed E-state index contributed by atoms with van der Waals surface area (Å²) < 4.78 is 0. The second-order valence-corrected chi connectivity index (χ2v) is 10.1. The zero-order valence-corrected chi connectivity index (χ0v) is 19.5. The van der Waals surface area contributed by atoms with Crippen LogP contribution in [0.15, 0.2) is 75.8 Å². The molecule has 0 fully saturated rings. The van der Waals surface area contributed by atoms with Gasteiger partial charge in [-0.2, -0.15) is 0 Å². The van der Waals surface area contributed by atoms with Crippen molar-refractivity contribution in [3.63, 3.8) is 0 Å². The lowest BCUT2D eigenvalue weighted by atomic mass is 9.74. The molecule has 1 amide bonds. The lowest BCUT2D eigenvalue weighted by Gasteiger charge is -2.36. The molecule has 0 unspecified atom stereocenters. The maximum Gasteiger partial charge on any atom is 0.255 e. The summed E-state index contributed by atoms with van der Waals surface area (Å²) in [5, 5.41) is 10.4. The highest BCUT2D eigenvalue weighted by atomic mass is 32.1. The number of carbonyl (C=O) groups is 2. The van der Waals surface area contributed by atoms with Crippen LogP contribution in [0.2, 0.25) is 0 Å². The zero-order valence-electron chi connectivity index (χ0n) is 17.8. The Morgan fingerprint density at radius 1 is 1.03 bits per heavy atom. The van der Waals surface area contributed by atoms with E-state index in [0.717, 1.165) is 34.0 Å². The third kappa shape index (κ3) is 3.82. The third-order valence-electron chi connectivity index (χ3n) is 5.98. The van der Waals surface area contributed by atoms with E-state index >= 15 is 0 Å². The molecule has 0 aromatic carbocycles. The molecular formula is C25H23N3O2S2. The molecule has 2 N–H and O–H groups in total. The van der Waals surface area contributed by atoms with Gasteiger partial charge in [0.05, 0.1) is 5.92 Å². The number of rotatable bonds is 4. The molecule has 0 saturated heterocycles. The number of thiophene rings is 2. The second-order valence-electron chi connectivity index (χ2n) is 8.17. The lowest BCUT2D eigenvalue weighted by Crippen LogP contribution is -2.36. The first-order chi connectivity index (χ1) is 15.5. The maximum atomic E-state index is 13.5. The monoisotopic (exact) mass is 461 g/mol. The van der Waals surface area contributed by atoms with Gasteiger partial charge in [-0.3, -0.25) is 9.59 Å². The van der Waals surface area contributed by atoms with Crippen LogP contribution in [-0.2, 0) is 9.59 Å². The highest BCUT2D eigenvalue weighted by molar-refractivity contribution is 7.10. The van der Waals surface area contributed by atoms with Gasteiger partial charge in [-0.05, 0) is 55.3 Å². The number of pyridine rings is 1. The Hall–Kier alpha value is -3.03. The number of hydrogen-bond donors (Lipinski definition) is 2. The maximum absolute atomic E-state index is 13.5. The quantitative estimate of drug-likeness (QED) is 0.537. The van der Waals surface area contributed by atoms with Gasteiger partial charge in [0.25, 0.3) is 5.91 Å². The van der Waals surface area contributed by atoms with Crippen LogP contribution in [0.4, 0.5) is 5.82 Å². The van der Waals surface area contributed by atoms with Gasteiger partial charge in [0.2, 0.25) is 0 Å². The molecule has 32 heavy (non-hydrogen) atoms. The molecule has 0 spiro atoms. The third-order valence-corrected chi connectivity index (χ3v) is 7.95. The Morgan fingerprint density at radius 2 is 1.78 bits per heavy atom. The highest BCUT2D eigenvalue weighted by Gasteiger charge is 2.41. The Labute approximate surface area is 194 Å². The average Bonchev–Trinajstić information content (AvgIpc) is 3.47. The predicted molar refractivity (Wildman–Crippen MR) is 129 cm³/mol. The van der Waals surface area contributed by atoms with E-state index in [-0.39, 0.29) is 23.5 Å². The van der Waals surface area contributed by atoms with E-state index in [1.54, 1.807) is 28.7 Å². The molecule has 2 atom stereocenters. The van der Waals surface area contributed by atoms with Crippen LogP contribution in [0.1, 0.15) is 47.0 Å². The average molecular weight is 462 g/mol. The Kier molecular flexibility index (Phi) is 5.53. The smallest absolute Gasteiger partial charge is 0.255 e. The molecule has 0 bridgehead atoms. The van der Waals surface area contributed by atoms with Gasteiger partial charge in [-0.15, -0.1) is 22.7 Å². The van der Waals surface area contributed by atoms with Crippen LogP contribution >= 0.6 is 22.7 Å². The summed E-state index contributed by atoms with van der Waals surface area (Å²) in [6.07, 6.45) is 1.24. The van der Waals surface area contributed by atoms with Crippen LogP contribution in [0.5, 0.6) is 0 Å². The molecule has 2 aliphatic rings. The molecule has 3 aromatic rings. The normalized spacial score (nSPS) is 20.8. The Morgan fingerprint density at radius 3 is 2.47 bits per heavy atom. The van der Waals surface area contributed by atoms with E-state index in [9.17, 15) is 9.59 Å². The van der Waals surface area contributed by atoms with Gasteiger partial charge in [-0.1, -0.05) is 18.2 Å². The number of aromatic nitrogens is 1. The van der Waals surface area contributed by atoms with E-state index in [1.165, 1.54) is 4.88 Å². The van der Waals surface area contributed by atoms with Crippen molar-refractivity contribution in [2.75, 3.05) is 5.32 Å². The Bertz CT molecular complexity index is 1240. The molecule has 5 rings (SSSR count). The molecule has 1 aliphatic heterocycles. The summed E-state index contributed by atoms with van der Waals surface area (Å²) in [4.78, 5) is 33.6. The van der Waals surface area contributed by atoms with Crippen molar-refractivity contribution in [2.45, 2.75) is 38.5 Å². The van der Waals surface area contributed by atoms with Gasteiger partial charge in [-0.25, -0.2) is 4.98 Å². The number of dihydropyridines is 1. The zero-order chi connectivity index (χ0) is 22.2. The molecule has 5 nitrogen and oxygen atoms in total. The summed E-state index contributed by atoms with van der Waals surface area (Å²) in [6, 6.07) is 13.6. The standard InChI is InChI=1S/C25H23N3O2S2/c1-14-6-3-9-21(26-14)28-25(30)22-15(2)27-17-12-16(19-7-4-10-31-19)13-18(29)23(17)24(22)20-8-5-11-32-20/h3-11,16,24,27H,12-13H2,1-2H3,(H,26,28,30)/t16-,24+/m0/s1. The summed E-state index contributed by atoms with van der Waals surface area (Å²) >= 11 is 3.27. The number of amides is 1. The van der Waals surface area contributed by atoms with E-state index in [1.807, 2.05) is 49.6 Å². The molecular weight excluding hydrogens is 438 g/mol. The van der Waals surface area contributed by atoms with Crippen LogP contribution in [0.25, 0.3) is 0 Å². The van der Waals surface area contributed by atoms with Crippen molar-refractivity contribution < 1.29 is 9.59 Å². The molecule has 4 heterocycles. The van der Waals surface area contributed by atoms with Crippen LogP contribution in [-0.4, -0.2) is 16.7 Å². The van der Waals surface area contributed by atoms with Gasteiger partial charge in [0, 0.05) is 50.3 Å². The van der Waals surface area contributed by atoms with Gasteiger partial charge < -0.3 is 10.6 Å². The van der Waals surface area contributed by atoms with Crippen LogP contribution < -0.4 is 10.6 Å². The first-order valence-electron chi connectivity index (χ1n) is 10.6. The minimum absolute atomic E-state index is 0.113. The first kappa shape index (κ1) is 20.8. The summed E-state index contributed by atoms with van der Waals surface area (Å²) in [5.74, 6) is 0.200. The van der Waals surface area contributed by atoms with Crippen LogP contribution in [0.3, 0.4) is 0 Å². The number of nitrogens with one attached hydrogen (secondary N) is 2. The summed E-state index contributed by atoms with van der Waals surface area (Å²) in [7, 11) is 0. The fourth-order valence-corrected chi connectivity index (χ4v) is 6.27. The number of anilines is 1. The van der Waals surface area contributed by atoms with Gasteiger partial charge in [0.1, 0.15) is 5.82 Å². The summed E-state index contributed by atoms with van der Waals surface area (Å²) in [5.41, 5.74) is 3.87. The fraction of sp³-hybridized carbons (Fsp3) is 0.240. The molecule has 3 aromatic heterocycles. The highest BCUT2D eigenvalue weighted by Crippen LogP contribution is 2.47. The van der Waals surface area contributed by atoms with E-state index < -0.39 is 0 Å². The lowest BCUT2D eigenvalue weighted by molar-refractivity contribution is -0.116. The van der Waals surface area contributed by atoms with Crippen LogP contribution in [0, 0.1) is 6.92 Å². The van der Waals surface area contributed by atoms with Crippen molar-refractivity contribution in [3.8, 4) is 0 Å². The molecule has 0 radical (unpaired) electrons. The number of Topliss-reactive ketones (excluding diaryl/α,β-unsaturated/α-hetero) is 1. The minimum Gasteiger partial charge on any atom is -0.362 e. The molecule has 7 heteroatoms. The topological polar surface area (TPSA) is 71.1 Å². The summed E-state index contributed by atoms with van der Waals surface area (Å²) in [6.45, 7) is 3.81. The minimum atomic E-state index is -0.368. The van der Waals surface area contributed by atoms with Crippen molar-refractivity contribution in [1.82, 2.24) is 10.3 Å². The first-order valence-corrected chi connectivity index (χ1v) is 12.3. The van der Waals surface area contributed by atoms with Crippen molar-refractivity contribution in [2.24, 2.45) is 0 Å². The number of allylic oxidation sites excluding steroid dienone is 3. The molecule has 0 saturated carbocycles. The largest absolute Gasteiger partial charge is 0.362 e. The van der Waals surface area contributed by atoms with Gasteiger partial charge in [0.15, 0.2) is 5.78 Å². The SMILES string of the molecule is CC1=C(C(=O)Nc2cccc(C)n2)[C@@H](c2cccs2)C2=C(C[C@H](c3cccs3)CC2=O)N1. The number of ketones is 1. The van der Waals surface area contributed by atoms with Crippen molar-refractivity contribution in [1.29, 1.82) is 0 Å². The van der Waals surface area contributed by atoms with Crippen molar-refractivity contribution >= 4 is 40.2 Å².